The van der Waals surface area contributed by atoms with Crippen LogP contribution in [0.2, 0.25) is 0 Å². The molecule has 0 N–H and O–H groups in total. The largest absolute Gasteiger partial charge is 0.383 e. The Bertz CT molecular complexity index is 683. The third kappa shape index (κ3) is 3.97. The molecule has 1 saturated heterocycles. The fourth-order valence-corrected chi connectivity index (χ4v) is 3.07. The first-order valence-electron chi connectivity index (χ1n) is 8.30. The van der Waals surface area contributed by atoms with Crippen LogP contribution in [0.25, 0.3) is 11.4 Å². The molecule has 1 aliphatic rings. The first-order valence-corrected chi connectivity index (χ1v) is 8.30. The monoisotopic (exact) mass is 325 g/mol. The van der Waals surface area contributed by atoms with E-state index in [9.17, 15) is 4.79 Å². The minimum absolute atomic E-state index is 0.238. The molecule has 2 aromatic rings. The number of ether oxygens (including phenoxy) is 1. The van der Waals surface area contributed by atoms with Crippen molar-refractivity contribution in [3.8, 4) is 11.4 Å². The molecule has 1 amide bonds. The summed E-state index contributed by atoms with van der Waals surface area (Å²) in [7, 11) is 1.66. The van der Waals surface area contributed by atoms with E-state index in [-0.39, 0.29) is 5.91 Å². The van der Waals surface area contributed by atoms with Crippen molar-refractivity contribution in [1.29, 1.82) is 0 Å². The minimum Gasteiger partial charge on any atom is -0.383 e. The van der Waals surface area contributed by atoms with Gasteiger partial charge in [-0.1, -0.05) is 24.3 Å². The summed E-state index contributed by atoms with van der Waals surface area (Å²) in [6, 6.07) is 8.33. The van der Waals surface area contributed by atoms with Crippen LogP contribution in [0.1, 0.15) is 17.5 Å². The fraction of sp³-hybridized carbons (Fsp3) is 0.421. The van der Waals surface area contributed by atoms with Gasteiger partial charge in [0.2, 0.25) is 5.91 Å². The van der Waals surface area contributed by atoms with E-state index in [1.165, 1.54) is 5.56 Å². The van der Waals surface area contributed by atoms with E-state index < -0.39 is 0 Å². The predicted molar refractivity (Wildman–Crippen MR) is 92.5 cm³/mol. The number of rotatable bonds is 6. The van der Waals surface area contributed by atoms with Gasteiger partial charge < -0.3 is 9.64 Å². The second kappa shape index (κ2) is 7.53. The molecule has 1 aliphatic heterocycles. The Hall–Kier alpha value is -2.27. The zero-order chi connectivity index (χ0) is 16.9. The van der Waals surface area contributed by atoms with Gasteiger partial charge in [0.15, 0.2) is 5.82 Å². The van der Waals surface area contributed by atoms with Crippen molar-refractivity contribution in [2.24, 2.45) is 5.92 Å². The third-order valence-corrected chi connectivity index (χ3v) is 4.38. The van der Waals surface area contributed by atoms with E-state index in [4.69, 9.17) is 4.74 Å². The normalized spacial score (nSPS) is 17.5. The van der Waals surface area contributed by atoms with E-state index in [0.717, 1.165) is 29.9 Å². The number of hydrogen-bond acceptors (Lipinski definition) is 4. The quantitative estimate of drug-likeness (QED) is 0.819. The van der Waals surface area contributed by atoms with Crippen molar-refractivity contribution in [2.75, 3.05) is 26.8 Å². The van der Waals surface area contributed by atoms with E-state index in [1.807, 2.05) is 24.2 Å². The summed E-state index contributed by atoms with van der Waals surface area (Å²) in [5.41, 5.74) is 3.32. The van der Waals surface area contributed by atoms with Crippen LogP contribution in [0, 0.1) is 12.8 Å². The van der Waals surface area contributed by atoms with Gasteiger partial charge in [0.1, 0.15) is 0 Å². The molecule has 1 fully saturated rings. The number of hydrogen-bond donors (Lipinski definition) is 0. The Kier molecular flexibility index (Phi) is 5.20. The van der Waals surface area contributed by atoms with Crippen LogP contribution in [0.5, 0.6) is 0 Å². The van der Waals surface area contributed by atoms with Crippen molar-refractivity contribution in [3.63, 3.8) is 0 Å². The number of carbonyl (C=O) groups excluding carboxylic acids is 1. The Morgan fingerprint density at radius 2 is 1.92 bits per heavy atom. The average Bonchev–Trinajstić information content (AvgIpc) is 2.94. The van der Waals surface area contributed by atoms with Crippen molar-refractivity contribution in [2.45, 2.75) is 19.8 Å². The van der Waals surface area contributed by atoms with Crippen LogP contribution in [0.4, 0.5) is 0 Å². The van der Waals surface area contributed by atoms with Crippen molar-refractivity contribution in [1.82, 2.24) is 14.9 Å². The van der Waals surface area contributed by atoms with Crippen LogP contribution in [0.15, 0.2) is 36.7 Å². The second-order valence-corrected chi connectivity index (χ2v) is 6.39. The topological polar surface area (TPSA) is 55.3 Å². The SMILES string of the molecule is COCCN1C[C@@H](Cc2ccc(-c3ncc(C)cn3)cc2)CC1=O. The number of methoxy groups -OCH3 is 1. The summed E-state index contributed by atoms with van der Waals surface area (Å²) in [4.78, 5) is 22.6. The molecule has 5 nitrogen and oxygen atoms in total. The van der Waals surface area contributed by atoms with Crippen molar-refractivity contribution < 1.29 is 9.53 Å². The zero-order valence-electron chi connectivity index (χ0n) is 14.2. The molecule has 3 rings (SSSR count). The Balaban J connectivity index is 1.60. The summed E-state index contributed by atoms with van der Waals surface area (Å²) in [5.74, 6) is 1.37. The van der Waals surface area contributed by atoms with E-state index in [0.29, 0.717) is 25.5 Å². The molecule has 1 aromatic heterocycles. The lowest BCUT2D eigenvalue weighted by Crippen LogP contribution is -2.28. The van der Waals surface area contributed by atoms with E-state index in [2.05, 4.69) is 34.2 Å². The highest BCUT2D eigenvalue weighted by Gasteiger charge is 2.29. The number of aromatic nitrogens is 2. The third-order valence-electron chi connectivity index (χ3n) is 4.38. The van der Waals surface area contributed by atoms with Crippen LogP contribution in [0.3, 0.4) is 0 Å². The molecule has 2 heterocycles. The first-order chi connectivity index (χ1) is 11.7. The molecule has 0 radical (unpaired) electrons. The highest BCUT2D eigenvalue weighted by atomic mass is 16.5. The lowest BCUT2D eigenvalue weighted by Gasteiger charge is -2.16. The molecular weight excluding hydrogens is 302 g/mol. The van der Waals surface area contributed by atoms with Gasteiger partial charge in [-0.2, -0.15) is 0 Å². The molecule has 126 valence electrons. The lowest BCUT2D eigenvalue weighted by atomic mass is 9.97. The average molecular weight is 325 g/mol. The van der Waals surface area contributed by atoms with Gasteiger partial charge in [0.25, 0.3) is 0 Å². The maximum atomic E-state index is 12.0. The molecule has 0 unspecified atom stereocenters. The highest BCUT2D eigenvalue weighted by Crippen LogP contribution is 2.23. The van der Waals surface area contributed by atoms with Crippen LogP contribution < -0.4 is 0 Å². The standard InChI is InChI=1S/C19H23N3O2/c1-14-11-20-19(21-12-14)17-5-3-15(4-6-17)9-16-10-18(23)22(13-16)7-8-24-2/h3-6,11-12,16H,7-10,13H2,1-2H3/t16-/m0/s1. The Labute approximate surface area is 142 Å². The lowest BCUT2D eigenvalue weighted by molar-refractivity contribution is -0.128. The fourth-order valence-electron chi connectivity index (χ4n) is 3.07. The van der Waals surface area contributed by atoms with E-state index in [1.54, 1.807) is 7.11 Å². The van der Waals surface area contributed by atoms with Crippen LogP contribution in [-0.4, -0.2) is 47.6 Å². The molecule has 0 aliphatic carbocycles. The molecule has 5 heteroatoms. The van der Waals surface area contributed by atoms with Gasteiger partial charge in [-0.05, 0) is 30.4 Å². The van der Waals surface area contributed by atoms with Gasteiger partial charge in [-0.3, -0.25) is 4.79 Å². The number of likely N-dealkylation sites (tertiary alicyclic amines) is 1. The van der Waals surface area contributed by atoms with Gasteiger partial charge in [-0.25, -0.2) is 9.97 Å². The zero-order valence-corrected chi connectivity index (χ0v) is 14.2. The predicted octanol–water partition coefficient (Wildman–Crippen LogP) is 2.49. The smallest absolute Gasteiger partial charge is 0.223 e. The maximum absolute atomic E-state index is 12.0. The summed E-state index contributed by atoms with van der Waals surface area (Å²) < 4.78 is 5.06. The maximum Gasteiger partial charge on any atom is 0.223 e. The molecular formula is C19H23N3O2. The van der Waals surface area contributed by atoms with Crippen molar-refractivity contribution >= 4 is 5.91 Å². The van der Waals surface area contributed by atoms with E-state index >= 15 is 0 Å². The number of aryl methyl sites for hydroxylation is 1. The van der Waals surface area contributed by atoms with Gasteiger partial charge in [0.05, 0.1) is 6.61 Å². The number of amides is 1. The van der Waals surface area contributed by atoms with Crippen molar-refractivity contribution in [3.05, 3.63) is 47.8 Å². The summed E-state index contributed by atoms with van der Waals surface area (Å²) >= 11 is 0. The molecule has 0 saturated carbocycles. The van der Waals surface area contributed by atoms with Crippen LogP contribution >= 0.6 is 0 Å². The highest BCUT2D eigenvalue weighted by molar-refractivity contribution is 5.78. The number of benzene rings is 1. The first kappa shape index (κ1) is 16.6. The summed E-state index contributed by atoms with van der Waals surface area (Å²) in [5, 5.41) is 0. The Morgan fingerprint density at radius 1 is 1.21 bits per heavy atom. The molecule has 1 aromatic carbocycles. The number of nitrogens with zero attached hydrogens (tertiary/aromatic N) is 3. The number of carbonyl (C=O) groups is 1. The Morgan fingerprint density at radius 3 is 2.58 bits per heavy atom. The molecule has 24 heavy (non-hydrogen) atoms. The van der Waals surface area contributed by atoms with Gasteiger partial charge in [0, 0.05) is 44.6 Å². The summed E-state index contributed by atoms with van der Waals surface area (Å²) in [6.45, 7) is 4.09. The molecule has 0 bridgehead atoms. The minimum atomic E-state index is 0.238. The van der Waals surface area contributed by atoms with Gasteiger partial charge in [-0.15, -0.1) is 0 Å². The van der Waals surface area contributed by atoms with Gasteiger partial charge >= 0.3 is 0 Å². The summed E-state index contributed by atoms with van der Waals surface area (Å²) in [6.07, 6.45) is 5.21. The van der Waals surface area contributed by atoms with Crippen LogP contribution in [-0.2, 0) is 16.0 Å². The second-order valence-electron chi connectivity index (χ2n) is 6.39. The molecule has 0 spiro atoms. The molecule has 1 atom stereocenters.